The molecule has 120 valence electrons. The van der Waals surface area contributed by atoms with Crippen LogP contribution >= 0.6 is 0 Å². The minimum absolute atomic E-state index is 0.158. The monoisotopic (exact) mass is 330 g/mol. The first-order valence-electron chi connectivity index (χ1n) is 6.73. The molecule has 1 amide bonds. The van der Waals surface area contributed by atoms with Crippen molar-refractivity contribution in [2.45, 2.75) is 25.4 Å². The van der Waals surface area contributed by atoms with Crippen molar-refractivity contribution in [3.05, 3.63) is 23.0 Å². The number of ether oxygens (including phenoxy) is 1. The molecule has 1 atom stereocenters. The maximum absolute atomic E-state index is 14.8. The van der Waals surface area contributed by atoms with Crippen molar-refractivity contribution >= 4 is 21.8 Å². The molecule has 1 fully saturated rings. The number of hydrogen-bond acceptors (Lipinski definition) is 5. The van der Waals surface area contributed by atoms with Gasteiger partial charge in [0.05, 0.1) is 6.10 Å². The number of phenolic OH excluding ortho intramolecular Hbond substituents is 1. The first kappa shape index (κ1) is 15.0. The number of carbonyl (C=O) groups excluding carboxylic acids is 1. The van der Waals surface area contributed by atoms with Gasteiger partial charge >= 0.3 is 10.2 Å². The second-order valence-electron chi connectivity index (χ2n) is 5.33. The van der Waals surface area contributed by atoms with E-state index < -0.39 is 39.9 Å². The van der Waals surface area contributed by atoms with Crippen LogP contribution in [-0.2, 0) is 32.6 Å². The van der Waals surface area contributed by atoms with Crippen LogP contribution in [0.5, 0.6) is 5.75 Å². The number of methoxy groups -OCH3 is 1. The van der Waals surface area contributed by atoms with E-state index in [0.29, 0.717) is 34.7 Å². The van der Waals surface area contributed by atoms with Crippen molar-refractivity contribution in [3.8, 4) is 5.75 Å². The van der Waals surface area contributed by atoms with Gasteiger partial charge in [0.2, 0.25) is 0 Å². The number of aromatic hydroxyl groups is 1. The van der Waals surface area contributed by atoms with Gasteiger partial charge in [-0.05, 0) is 30.0 Å². The summed E-state index contributed by atoms with van der Waals surface area (Å²) in [6.45, 7) is -0.556. The van der Waals surface area contributed by atoms with Crippen molar-refractivity contribution in [2.24, 2.45) is 0 Å². The third kappa shape index (κ3) is 2.30. The minimum atomic E-state index is -4.18. The molecule has 1 unspecified atom stereocenters. The number of nitrogens with zero attached hydrogens (tertiary/aromatic N) is 1. The van der Waals surface area contributed by atoms with Crippen molar-refractivity contribution < 1.29 is 27.4 Å². The molecule has 2 N–H and O–H groups in total. The molecule has 1 aliphatic carbocycles. The van der Waals surface area contributed by atoms with Crippen molar-refractivity contribution in [2.75, 3.05) is 18.0 Å². The molecule has 0 bridgehead atoms. The molecule has 0 spiro atoms. The van der Waals surface area contributed by atoms with E-state index in [1.807, 2.05) is 0 Å². The van der Waals surface area contributed by atoms with E-state index >= 15 is 0 Å². The van der Waals surface area contributed by atoms with Crippen molar-refractivity contribution in [1.82, 2.24) is 4.72 Å². The first-order chi connectivity index (χ1) is 10.3. The smallest absolute Gasteiger partial charge is 0.326 e. The number of rotatable bonds is 2. The third-order valence-corrected chi connectivity index (χ3v) is 5.36. The number of amides is 1. The number of phenols is 1. The predicted molar refractivity (Wildman–Crippen MR) is 75.3 cm³/mol. The van der Waals surface area contributed by atoms with E-state index in [2.05, 4.69) is 0 Å². The summed E-state index contributed by atoms with van der Waals surface area (Å²) in [5, 5.41) is 10.0. The Morgan fingerprint density at radius 1 is 1.50 bits per heavy atom. The van der Waals surface area contributed by atoms with E-state index in [0.717, 1.165) is 0 Å². The lowest BCUT2D eigenvalue weighted by Gasteiger charge is -2.27. The highest BCUT2D eigenvalue weighted by atomic mass is 32.2. The maximum atomic E-state index is 14.8. The molecule has 1 aliphatic heterocycles. The largest absolute Gasteiger partial charge is 0.506 e. The zero-order valence-corrected chi connectivity index (χ0v) is 12.6. The van der Waals surface area contributed by atoms with Gasteiger partial charge in [0.15, 0.2) is 5.82 Å². The molecule has 0 radical (unpaired) electrons. The molecular weight excluding hydrogens is 315 g/mol. The Morgan fingerprint density at radius 3 is 2.82 bits per heavy atom. The van der Waals surface area contributed by atoms with Gasteiger partial charge in [0.1, 0.15) is 18.0 Å². The Hall–Kier alpha value is -1.87. The summed E-state index contributed by atoms with van der Waals surface area (Å²) in [6, 6.07) is 1.36. The van der Waals surface area contributed by atoms with Crippen LogP contribution in [0.25, 0.3) is 0 Å². The molecular formula is C13H15FN2O5S. The third-order valence-electron chi connectivity index (χ3n) is 3.98. The lowest BCUT2D eigenvalue weighted by Crippen LogP contribution is -2.31. The van der Waals surface area contributed by atoms with Gasteiger partial charge in [-0.15, -0.1) is 0 Å². The van der Waals surface area contributed by atoms with Gasteiger partial charge in [-0.1, -0.05) is 0 Å². The van der Waals surface area contributed by atoms with E-state index in [4.69, 9.17) is 4.74 Å². The molecule has 3 rings (SSSR count). The van der Waals surface area contributed by atoms with E-state index in [1.165, 1.54) is 13.2 Å². The normalized spacial score (nSPS) is 23.3. The second-order valence-corrected chi connectivity index (χ2v) is 6.93. The summed E-state index contributed by atoms with van der Waals surface area (Å²) in [5.74, 6) is -2.09. The van der Waals surface area contributed by atoms with E-state index in [1.54, 1.807) is 4.72 Å². The zero-order valence-electron chi connectivity index (χ0n) is 11.8. The zero-order chi connectivity index (χ0) is 16.1. The average Bonchev–Trinajstić information content (AvgIpc) is 2.71. The van der Waals surface area contributed by atoms with Crippen LogP contribution in [-0.4, -0.2) is 39.2 Å². The number of anilines is 1. The Labute approximate surface area is 126 Å². The van der Waals surface area contributed by atoms with Crippen LogP contribution in [0.15, 0.2) is 6.07 Å². The van der Waals surface area contributed by atoms with Crippen LogP contribution in [0.4, 0.5) is 10.1 Å². The van der Waals surface area contributed by atoms with Crippen molar-refractivity contribution in [1.29, 1.82) is 0 Å². The van der Waals surface area contributed by atoms with Crippen LogP contribution in [0.1, 0.15) is 17.5 Å². The fourth-order valence-electron chi connectivity index (χ4n) is 2.89. The number of fused-ring (bicyclic) bond motifs is 1. The lowest BCUT2D eigenvalue weighted by molar-refractivity contribution is -0.117. The molecule has 0 saturated carbocycles. The van der Waals surface area contributed by atoms with Crippen LogP contribution in [0, 0.1) is 5.82 Å². The Bertz CT molecular complexity index is 749. The molecule has 2 aliphatic rings. The molecule has 1 saturated heterocycles. The van der Waals surface area contributed by atoms with Gasteiger partial charge in [-0.2, -0.15) is 8.42 Å². The molecule has 1 heterocycles. The Morgan fingerprint density at radius 2 is 2.23 bits per heavy atom. The first-order valence-corrected chi connectivity index (χ1v) is 8.17. The molecule has 22 heavy (non-hydrogen) atoms. The number of halogens is 1. The number of benzene rings is 1. The summed E-state index contributed by atoms with van der Waals surface area (Å²) in [7, 11) is -2.65. The number of aryl methyl sites for hydroxylation is 1. The summed E-state index contributed by atoms with van der Waals surface area (Å²) < 4.78 is 46.0. The summed E-state index contributed by atoms with van der Waals surface area (Å²) >= 11 is 0. The highest BCUT2D eigenvalue weighted by molar-refractivity contribution is 7.92. The molecule has 1 aromatic rings. The molecule has 1 aromatic carbocycles. The van der Waals surface area contributed by atoms with Gasteiger partial charge in [0.25, 0.3) is 5.91 Å². The van der Waals surface area contributed by atoms with Gasteiger partial charge < -0.3 is 9.84 Å². The average molecular weight is 330 g/mol. The maximum Gasteiger partial charge on any atom is 0.326 e. The Balaban J connectivity index is 2.12. The minimum Gasteiger partial charge on any atom is -0.506 e. The number of carbonyl (C=O) groups is 1. The lowest BCUT2D eigenvalue weighted by atomic mass is 9.88. The molecule has 7 nitrogen and oxygen atoms in total. The second kappa shape index (κ2) is 5.10. The Kier molecular flexibility index (Phi) is 3.48. The highest BCUT2D eigenvalue weighted by Crippen LogP contribution is 2.39. The van der Waals surface area contributed by atoms with Gasteiger partial charge in [-0.25, -0.2) is 13.4 Å². The van der Waals surface area contributed by atoms with Crippen LogP contribution < -0.4 is 9.03 Å². The summed E-state index contributed by atoms with van der Waals surface area (Å²) in [6.07, 6.45) is 1.36. The highest BCUT2D eigenvalue weighted by Gasteiger charge is 2.39. The van der Waals surface area contributed by atoms with E-state index in [-0.39, 0.29) is 6.10 Å². The number of hydrogen-bond donors (Lipinski definition) is 2. The fourth-order valence-corrected chi connectivity index (χ4v) is 4.05. The quantitative estimate of drug-likeness (QED) is 0.808. The van der Waals surface area contributed by atoms with E-state index in [9.17, 15) is 22.7 Å². The molecule has 0 aromatic heterocycles. The predicted octanol–water partition coefficient (Wildman–Crippen LogP) is 0.216. The fraction of sp³-hybridized carbons (Fsp3) is 0.462. The SMILES string of the molecule is COC1CCc2cc(O)c(N3CC(=O)NS3(=O)=O)c(F)c2C1. The molecule has 9 heteroatoms. The summed E-state index contributed by atoms with van der Waals surface area (Å²) in [4.78, 5) is 11.3. The topological polar surface area (TPSA) is 95.9 Å². The van der Waals surface area contributed by atoms with Gasteiger partial charge in [0, 0.05) is 13.5 Å². The van der Waals surface area contributed by atoms with Gasteiger partial charge in [-0.3, -0.25) is 4.79 Å². The standard InChI is InChI=1S/C13H15FN2O5S/c1-21-8-3-2-7-4-10(17)13(12(14)9(7)5-8)16-6-11(18)15-22(16,19)20/h4,8,17H,2-3,5-6H2,1H3,(H,15,18). The van der Waals surface area contributed by atoms with Crippen molar-refractivity contribution in [3.63, 3.8) is 0 Å². The summed E-state index contributed by atoms with van der Waals surface area (Å²) in [5.41, 5.74) is 0.456. The number of nitrogens with one attached hydrogen (secondary N) is 1. The van der Waals surface area contributed by atoms with Crippen LogP contribution in [0.3, 0.4) is 0 Å². The van der Waals surface area contributed by atoms with Crippen LogP contribution in [0.2, 0.25) is 0 Å².